The van der Waals surface area contributed by atoms with Gasteiger partial charge >= 0.3 is 5.69 Å². The number of benzene rings is 2. The van der Waals surface area contributed by atoms with Crippen molar-refractivity contribution in [2.24, 2.45) is 0 Å². The van der Waals surface area contributed by atoms with Gasteiger partial charge in [0.15, 0.2) is 0 Å². The highest BCUT2D eigenvalue weighted by atomic mass is 16.2. The smallest absolute Gasteiger partial charge is 0.310 e. The zero-order chi connectivity index (χ0) is 17.8. The maximum absolute atomic E-state index is 12.7. The predicted octanol–water partition coefficient (Wildman–Crippen LogP) is 2.87. The van der Waals surface area contributed by atoms with E-state index in [1.54, 1.807) is 55.5 Å². The molecule has 2 N–H and O–H groups in total. The topological polar surface area (TPSA) is 98.6 Å². The van der Waals surface area contributed by atoms with Crippen molar-refractivity contribution in [2.45, 2.75) is 6.92 Å². The number of aromatic nitrogens is 2. The van der Waals surface area contributed by atoms with Crippen LogP contribution in [0.15, 0.2) is 59.4 Å². The fourth-order valence-electron chi connectivity index (χ4n) is 2.56. The lowest BCUT2D eigenvalue weighted by atomic mass is 9.95. The molecule has 1 aromatic heterocycles. The molecule has 0 fully saturated rings. The predicted molar refractivity (Wildman–Crippen MR) is 94.1 cm³/mol. The van der Waals surface area contributed by atoms with E-state index in [2.05, 4.69) is 21.4 Å². The minimum Gasteiger partial charge on any atom is -0.310 e. The van der Waals surface area contributed by atoms with E-state index >= 15 is 0 Å². The number of rotatable bonds is 3. The normalized spacial score (nSPS) is 10.1. The number of nitrogens with one attached hydrogen (secondary N) is 2. The highest BCUT2D eigenvalue weighted by Gasteiger charge is 2.15. The molecule has 3 rings (SSSR count). The van der Waals surface area contributed by atoms with Crippen molar-refractivity contribution in [1.29, 1.82) is 5.26 Å². The number of nitrogens with zero attached hydrogens (tertiary/aromatic N) is 2. The number of aromatic amines is 1. The van der Waals surface area contributed by atoms with E-state index in [-0.39, 0.29) is 5.82 Å². The molecule has 0 atom stereocenters. The summed E-state index contributed by atoms with van der Waals surface area (Å²) in [6.45, 7) is 1.70. The van der Waals surface area contributed by atoms with E-state index in [0.717, 1.165) is 0 Å². The fraction of sp³-hybridized carbons (Fsp3) is 0.0526. The Morgan fingerprint density at radius 2 is 1.80 bits per heavy atom. The van der Waals surface area contributed by atoms with E-state index in [1.165, 1.54) is 0 Å². The van der Waals surface area contributed by atoms with Gasteiger partial charge in [0.1, 0.15) is 5.82 Å². The van der Waals surface area contributed by atoms with Gasteiger partial charge in [-0.15, -0.1) is 0 Å². The lowest BCUT2D eigenvalue weighted by Gasteiger charge is -2.11. The molecule has 0 aliphatic rings. The second kappa shape index (κ2) is 6.81. The Kier molecular flexibility index (Phi) is 4.40. The number of carbonyl (C=O) groups is 1. The first-order valence-electron chi connectivity index (χ1n) is 7.56. The number of carbonyl (C=O) groups excluding carboxylic acids is 1. The molecule has 0 aliphatic carbocycles. The first-order chi connectivity index (χ1) is 12.1. The average Bonchev–Trinajstić information content (AvgIpc) is 2.60. The van der Waals surface area contributed by atoms with Gasteiger partial charge < -0.3 is 10.3 Å². The molecule has 6 heteroatoms. The van der Waals surface area contributed by atoms with Crippen molar-refractivity contribution in [3.63, 3.8) is 0 Å². The van der Waals surface area contributed by atoms with Crippen molar-refractivity contribution in [3.05, 3.63) is 81.9 Å². The van der Waals surface area contributed by atoms with Gasteiger partial charge in [-0.1, -0.05) is 36.4 Å². The molecule has 0 spiro atoms. The molecule has 0 bridgehead atoms. The molecule has 0 aliphatic heterocycles. The van der Waals surface area contributed by atoms with Gasteiger partial charge in [-0.25, -0.2) is 4.79 Å². The van der Waals surface area contributed by atoms with Crippen LogP contribution in [-0.4, -0.2) is 15.9 Å². The number of H-pyrrole nitrogens is 1. The minimum absolute atomic E-state index is 0.176. The monoisotopic (exact) mass is 330 g/mol. The van der Waals surface area contributed by atoms with Crippen LogP contribution in [0.25, 0.3) is 11.1 Å². The molecule has 25 heavy (non-hydrogen) atoms. The first kappa shape index (κ1) is 16.1. The van der Waals surface area contributed by atoms with Crippen LogP contribution in [0.5, 0.6) is 0 Å². The van der Waals surface area contributed by atoms with Gasteiger partial charge in [-0.3, -0.25) is 4.79 Å². The SMILES string of the molecule is Cc1cc(NC(=O)c2ccccc2-c2ccccc2C#N)nc(=O)[nH]1. The first-order valence-corrected chi connectivity index (χ1v) is 7.56. The molecule has 1 heterocycles. The summed E-state index contributed by atoms with van der Waals surface area (Å²) in [6, 6.07) is 17.8. The Morgan fingerprint density at radius 1 is 1.12 bits per heavy atom. The van der Waals surface area contributed by atoms with Crippen molar-refractivity contribution in [1.82, 2.24) is 9.97 Å². The quantitative estimate of drug-likeness (QED) is 0.771. The molecule has 2 aromatic carbocycles. The summed E-state index contributed by atoms with van der Waals surface area (Å²) in [6.07, 6.45) is 0. The second-order valence-corrected chi connectivity index (χ2v) is 5.41. The molecule has 0 saturated heterocycles. The Labute approximate surface area is 143 Å². The van der Waals surface area contributed by atoms with Crippen molar-refractivity contribution >= 4 is 11.7 Å². The molecule has 0 saturated carbocycles. The van der Waals surface area contributed by atoms with E-state index in [1.807, 2.05) is 6.07 Å². The highest BCUT2D eigenvalue weighted by molar-refractivity contribution is 6.08. The van der Waals surface area contributed by atoms with Gasteiger partial charge in [0.05, 0.1) is 11.6 Å². The molecule has 3 aromatic rings. The van der Waals surface area contributed by atoms with Gasteiger partial charge in [0.25, 0.3) is 5.91 Å². The van der Waals surface area contributed by atoms with Gasteiger partial charge in [0, 0.05) is 22.9 Å². The molecule has 6 nitrogen and oxygen atoms in total. The molecule has 1 amide bonds. The van der Waals surface area contributed by atoms with E-state index in [4.69, 9.17) is 0 Å². The third-order valence-corrected chi connectivity index (χ3v) is 3.63. The lowest BCUT2D eigenvalue weighted by Crippen LogP contribution is -2.19. The average molecular weight is 330 g/mol. The van der Waals surface area contributed by atoms with Crippen LogP contribution < -0.4 is 11.0 Å². The van der Waals surface area contributed by atoms with Crippen LogP contribution >= 0.6 is 0 Å². The zero-order valence-electron chi connectivity index (χ0n) is 13.4. The van der Waals surface area contributed by atoms with E-state index < -0.39 is 11.6 Å². The minimum atomic E-state index is -0.529. The zero-order valence-corrected chi connectivity index (χ0v) is 13.4. The molecule has 0 radical (unpaired) electrons. The lowest BCUT2D eigenvalue weighted by molar-refractivity contribution is 0.102. The maximum Gasteiger partial charge on any atom is 0.347 e. The summed E-state index contributed by atoms with van der Waals surface area (Å²) in [5, 5.41) is 11.9. The number of hydrogen-bond donors (Lipinski definition) is 2. The van der Waals surface area contributed by atoms with E-state index in [0.29, 0.717) is 27.9 Å². The van der Waals surface area contributed by atoms with Crippen LogP contribution in [0.3, 0.4) is 0 Å². The third kappa shape index (κ3) is 3.46. The maximum atomic E-state index is 12.7. The van der Waals surface area contributed by atoms with E-state index in [9.17, 15) is 14.9 Å². The fourth-order valence-corrected chi connectivity index (χ4v) is 2.56. The number of hydrogen-bond acceptors (Lipinski definition) is 4. The Bertz CT molecular complexity index is 1050. The number of amides is 1. The number of anilines is 1. The molecular formula is C19H14N4O2. The van der Waals surface area contributed by atoms with Crippen LogP contribution in [0.4, 0.5) is 5.82 Å². The van der Waals surface area contributed by atoms with Gasteiger partial charge in [-0.05, 0) is 24.6 Å². The van der Waals surface area contributed by atoms with Crippen molar-refractivity contribution < 1.29 is 4.79 Å². The molecule has 0 unspecified atom stereocenters. The molecule has 122 valence electrons. The number of aryl methyl sites for hydroxylation is 1. The van der Waals surface area contributed by atoms with Crippen LogP contribution in [0.2, 0.25) is 0 Å². The van der Waals surface area contributed by atoms with Gasteiger partial charge in [0.2, 0.25) is 0 Å². The summed E-state index contributed by atoms with van der Waals surface area (Å²) >= 11 is 0. The third-order valence-electron chi connectivity index (χ3n) is 3.63. The summed E-state index contributed by atoms with van der Waals surface area (Å²) in [7, 11) is 0. The van der Waals surface area contributed by atoms with Crippen molar-refractivity contribution in [2.75, 3.05) is 5.32 Å². The highest BCUT2D eigenvalue weighted by Crippen LogP contribution is 2.27. The largest absolute Gasteiger partial charge is 0.347 e. The number of nitriles is 1. The Balaban J connectivity index is 2.02. The van der Waals surface area contributed by atoms with Gasteiger partial charge in [-0.2, -0.15) is 10.2 Å². The van der Waals surface area contributed by atoms with Crippen LogP contribution in [-0.2, 0) is 0 Å². The Morgan fingerprint density at radius 3 is 2.52 bits per heavy atom. The Hall–Kier alpha value is -3.72. The van der Waals surface area contributed by atoms with Crippen LogP contribution in [0.1, 0.15) is 21.6 Å². The summed E-state index contributed by atoms with van der Waals surface area (Å²) in [5.41, 5.74) is 2.25. The standard InChI is InChI=1S/C19H14N4O2/c1-12-10-17(23-19(25)21-12)22-18(24)16-9-5-4-8-15(16)14-7-3-2-6-13(14)11-20/h2-10H,1H3,(H2,21,22,23,24,25). The summed E-state index contributed by atoms with van der Waals surface area (Å²) in [4.78, 5) is 30.4. The van der Waals surface area contributed by atoms with Crippen LogP contribution in [0, 0.1) is 18.3 Å². The summed E-state index contributed by atoms with van der Waals surface area (Å²) < 4.78 is 0. The summed E-state index contributed by atoms with van der Waals surface area (Å²) in [5.74, 6) is -0.226. The second-order valence-electron chi connectivity index (χ2n) is 5.41. The van der Waals surface area contributed by atoms with Crippen molar-refractivity contribution in [3.8, 4) is 17.2 Å². The molecular weight excluding hydrogens is 316 g/mol.